The molecule has 2 fully saturated rings. The van der Waals surface area contributed by atoms with Crippen LogP contribution in [0.5, 0.6) is 0 Å². The van der Waals surface area contributed by atoms with Gasteiger partial charge in [-0.3, -0.25) is 0 Å². The van der Waals surface area contributed by atoms with Crippen molar-refractivity contribution in [3.05, 3.63) is 12.2 Å². The van der Waals surface area contributed by atoms with E-state index in [1.807, 2.05) is 6.33 Å². The topological polar surface area (TPSA) is 42.7 Å². The van der Waals surface area contributed by atoms with Crippen molar-refractivity contribution in [3.8, 4) is 0 Å². The van der Waals surface area contributed by atoms with E-state index in [1.165, 1.54) is 57.2 Å². The number of piperidine rings is 1. The molecule has 19 heavy (non-hydrogen) atoms. The van der Waals surface area contributed by atoms with Gasteiger partial charge >= 0.3 is 0 Å². The zero-order valence-corrected chi connectivity index (χ0v) is 12.1. The molecule has 1 unspecified atom stereocenters. The summed E-state index contributed by atoms with van der Waals surface area (Å²) < 4.78 is 2.41. The molecular formula is C15H26N4. The summed E-state index contributed by atoms with van der Waals surface area (Å²) in [6.45, 7) is 4.52. The molecule has 3 rings (SSSR count). The molecule has 0 bridgehead atoms. The number of rotatable bonds is 4. The van der Waals surface area contributed by atoms with Crippen LogP contribution in [0.15, 0.2) is 6.33 Å². The van der Waals surface area contributed by atoms with Crippen LogP contribution in [-0.4, -0.2) is 27.9 Å². The summed E-state index contributed by atoms with van der Waals surface area (Å²) >= 11 is 0. The molecule has 4 nitrogen and oxygen atoms in total. The van der Waals surface area contributed by atoms with Crippen molar-refractivity contribution < 1.29 is 0 Å². The van der Waals surface area contributed by atoms with Crippen molar-refractivity contribution in [2.75, 3.05) is 13.1 Å². The Labute approximate surface area is 116 Å². The van der Waals surface area contributed by atoms with Crippen LogP contribution in [-0.2, 0) is 5.41 Å². The van der Waals surface area contributed by atoms with Gasteiger partial charge in [-0.25, -0.2) is 0 Å². The van der Waals surface area contributed by atoms with Gasteiger partial charge in [0.05, 0.1) is 0 Å². The highest BCUT2D eigenvalue weighted by Gasteiger charge is 2.38. The summed E-state index contributed by atoms with van der Waals surface area (Å²) in [4.78, 5) is 0. The quantitative estimate of drug-likeness (QED) is 0.907. The Morgan fingerprint density at radius 2 is 2.21 bits per heavy atom. The van der Waals surface area contributed by atoms with Gasteiger partial charge in [-0.2, -0.15) is 0 Å². The van der Waals surface area contributed by atoms with Crippen LogP contribution >= 0.6 is 0 Å². The normalized spacial score (nSPS) is 28.9. The van der Waals surface area contributed by atoms with Crippen LogP contribution in [0.3, 0.4) is 0 Å². The maximum absolute atomic E-state index is 4.55. The van der Waals surface area contributed by atoms with E-state index in [9.17, 15) is 0 Å². The van der Waals surface area contributed by atoms with Crippen molar-refractivity contribution in [1.82, 2.24) is 20.1 Å². The third-order valence-corrected chi connectivity index (χ3v) is 4.97. The van der Waals surface area contributed by atoms with E-state index in [1.54, 1.807) is 0 Å². The lowest BCUT2D eigenvalue weighted by Crippen LogP contribution is -2.45. The molecule has 106 valence electrons. The van der Waals surface area contributed by atoms with E-state index in [4.69, 9.17) is 0 Å². The fraction of sp³-hybridized carbons (Fsp3) is 0.867. The fourth-order valence-electron chi connectivity index (χ4n) is 4.03. The molecule has 1 saturated carbocycles. The van der Waals surface area contributed by atoms with Crippen LogP contribution in [0.2, 0.25) is 0 Å². The summed E-state index contributed by atoms with van der Waals surface area (Å²) in [6.07, 6.45) is 12.3. The average molecular weight is 262 g/mol. The second kappa shape index (κ2) is 5.61. The van der Waals surface area contributed by atoms with Gasteiger partial charge in [-0.15, -0.1) is 10.2 Å². The number of hydrogen-bond donors (Lipinski definition) is 1. The van der Waals surface area contributed by atoms with Crippen molar-refractivity contribution >= 4 is 0 Å². The largest absolute Gasteiger partial charge is 0.316 e. The molecule has 2 aliphatic rings. The highest BCUT2D eigenvalue weighted by molar-refractivity contribution is 5.12. The smallest absolute Gasteiger partial charge is 0.140 e. The Morgan fingerprint density at radius 3 is 2.89 bits per heavy atom. The number of nitrogens with one attached hydrogen (secondary N) is 1. The molecular weight excluding hydrogens is 236 g/mol. The average Bonchev–Trinajstić information content (AvgIpc) is 3.11. The van der Waals surface area contributed by atoms with E-state index in [-0.39, 0.29) is 5.41 Å². The Bertz CT molecular complexity index is 395. The standard InChI is InChI=1S/C15H26N4/c1-2-8-15(9-5-10-16-11-15)14-18-17-12-19(14)13-6-3-4-7-13/h12-13,16H,2-11H2,1H3. The summed E-state index contributed by atoms with van der Waals surface area (Å²) in [5.74, 6) is 1.26. The van der Waals surface area contributed by atoms with Crippen molar-refractivity contribution in [2.45, 2.75) is 69.7 Å². The maximum Gasteiger partial charge on any atom is 0.140 e. The molecule has 1 atom stereocenters. The van der Waals surface area contributed by atoms with Gasteiger partial charge in [-0.05, 0) is 38.6 Å². The van der Waals surface area contributed by atoms with E-state index < -0.39 is 0 Å². The van der Waals surface area contributed by atoms with Gasteiger partial charge < -0.3 is 9.88 Å². The third kappa shape index (κ3) is 2.42. The lowest BCUT2D eigenvalue weighted by molar-refractivity contribution is 0.260. The number of nitrogens with zero attached hydrogens (tertiary/aromatic N) is 3. The first-order valence-electron chi connectivity index (χ1n) is 7.96. The molecule has 4 heteroatoms. The molecule has 2 heterocycles. The molecule has 1 N–H and O–H groups in total. The Balaban J connectivity index is 1.91. The van der Waals surface area contributed by atoms with Crippen molar-refractivity contribution in [2.24, 2.45) is 0 Å². The zero-order chi connectivity index (χ0) is 13.1. The molecule has 1 saturated heterocycles. The molecule has 1 aromatic heterocycles. The van der Waals surface area contributed by atoms with Gasteiger partial charge in [0.2, 0.25) is 0 Å². The number of aromatic nitrogens is 3. The first kappa shape index (κ1) is 13.1. The lowest BCUT2D eigenvalue weighted by Gasteiger charge is -2.37. The van der Waals surface area contributed by atoms with Gasteiger partial charge in [0.25, 0.3) is 0 Å². The summed E-state index contributed by atoms with van der Waals surface area (Å²) in [5.41, 5.74) is 0.228. The van der Waals surface area contributed by atoms with Crippen LogP contribution in [0.4, 0.5) is 0 Å². The second-order valence-corrected chi connectivity index (χ2v) is 6.31. The molecule has 1 aliphatic carbocycles. The van der Waals surface area contributed by atoms with Crippen LogP contribution in [0.25, 0.3) is 0 Å². The van der Waals surface area contributed by atoms with E-state index in [0.717, 1.165) is 13.1 Å². The minimum Gasteiger partial charge on any atom is -0.316 e. The van der Waals surface area contributed by atoms with E-state index >= 15 is 0 Å². The Kier molecular flexibility index (Phi) is 3.87. The third-order valence-electron chi connectivity index (χ3n) is 4.97. The zero-order valence-electron chi connectivity index (χ0n) is 12.1. The highest BCUT2D eigenvalue weighted by atomic mass is 15.3. The lowest BCUT2D eigenvalue weighted by atomic mass is 9.76. The fourth-order valence-corrected chi connectivity index (χ4v) is 4.03. The molecule has 0 spiro atoms. The van der Waals surface area contributed by atoms with Crippen LogP contribution in [0.1, 0.15) is 70.2 Å². The minimum atomic E-state index is 0.228. The molecule has 0 radical (unpaired) electrons. The Hall–Kier alpha value is -0.900. The maximum atomic E-state index is 4.55. The highest BCUT2D eigenvalue weighted by Crippen LogP contribution is 2.38. The van der Waals surface area contributed by atoms with Gasteiger partial charge in [0.15, 0.2) is 0 Å². The second-order valence-electron chi connectivity index (χ2n) is 6.31. The molecule has 0 amide bonds. The van der Waals surface area contributed by atoms with E-state index in [2.05, 4.69) is 27.0 Å². The SMILES string of the molecule is CCCC1(c2nncn2C2CCCC2)CCCNC1. The van der Waals surface area contributed by atoms with Crippen molar-refractivity contribution in [1.29, 1.82) is 0 Å². The van der Waals surface area contributed by atoms with E-state index in [0.29, 0.717) is 6.04 Å². The summed E-state index contributed by atoms with van der Waals surface area (Å²) in [7, 11) is 0. The summed E-state index contributed by atoms with van der Waals surface area (Å²) in [5, 5.41) is 12.4. The van der Waals surface area contributed by atoms with Crippen LogP contribution in [0, 0.1) is 0 Å². The summed E-state index contributed by atoms with van der Waals surface area (Å²) in [6, 6.07) is 0.653. The van der Waals surface area contributed by atoms with Crippen molar-refractivity contribution in [3.63, 3.8) is 0 Å². The Morgan fingerprint density at radius 1 is 1.37 bits per heavy atom. The molecule has 0 aromatic carbocycles. The number of hydrogen-bond acceptors (Lipinski definition) is 3. The predicted octanol–water partition coefficient (Wildman–Crippen LogP) is 2.81. The molecule has 1 aliphatic heterocycles. The predicted molar refractivity (Wildman–Crippen MR) is 76.2 cm³/mol. The first-order chi connectivity index (χ1) is 9.36. The monoisotopic (exact) mass is 262 g/mol. The van der Waals surface area contributed by atoms with Gasteiger partial charge in [0.1, 0.15) is 12.2 Å². The van der Waals surface area contributed by atoms with Crippen LogP contribution < -0.4 is 5.32 Å². The first-order valence-corrected chi connectivity index (χ1v) is 7.96. The minimum absolute atomic E-state index is 0.228. The van der Waals surface area contributed by atoms with Gasteiger partial charge in [-0.1, -0.05) is 26.2 Å². The van der Waals surface area contributed by atoms with Gasteiger partial charge in [0, 0.05) is 18.0 Å². The molecule has 1 aromatic rings.